The highest BCUT2D eigenvalue weighted by Gasteiger charge is 2.09. The standard InChI is InChI=1S/C17H37NO/c1-6-7-8-9-10-11-12-14-18(5)15-13-16-19-17(2,3)4/h6-16H2,1-5H3. The van der Waals surface area contributed by atoms with Gasteiger partial charge in [-0.25, -0.2) is 0 Å². The molecule has 2 nitrogen and oxygen atoms in total. The summed E-state index contributed by atoms with van der Waals surface area (Å²) in [5, 5.41) is 0. The Morgan fingerprint density at radius 3 is 1.89 bits per heavy atom. The van der Waals surface area contributed by atoms with Crippen LogP contribution >= 0.6 is 0 Å². The van der Waals surface area contributed by atoms with Crippen LogP contribution in [0.1, 0.15) is 79.1 Å². The van der Waals surface area contributed by atoms with Gasteiger partial charge in [0.25, 0.3) is 0 Å². The van der Waals surface area contributed by atoms with Crippen molar-refractivity contribution in [2.75, 3.05) is 26.7 Å². The lowest BCUT2D eigenvalue weighted by Gasteiger charge is -2.21. The Morgan fingerprint density at radius 2 is 1.32 bits per heavy atom. The zero-order valence-corrected chi connectivity index (χ0v) is 14.1. The molecule has 116 valence electrons. The summed E-state index contributed by atoms with van der Waals surface area (Å²) < 4.78 is 5.73. The SMILES string of the molecule is CCCCCCCCCN(C)CCCOC(C)(C)C. The molecule has 0 aromatic carbocycles. The predicted octanol–water partition coefficient (Wildman–Crippen LogP) is 4.87. The fourth-order valence-electron chi connectivity index (χ4n) is 2.16. The van der Waals surface area contributed by atoms with Gasteiger partial charge >= 0.3 is 0 Å². The molecule has 0 spiro atoms. The topological polar surface area (TPSA) is 12.5 Å². The van der Waals surface area contributed by atoms with Gasteiger partial charge in [-0.1, -0.05) is 45.4 Å². The summed E-state index contributed by atoms with van der Waals surface area (Å²) in [6, 6.07) is 0. The Balaban J connectivity index is 3.23. The monoisotopic (exact) mass is 271 g/mol. The minimum atomic E-state index is 0.0110. The number of rotatable bonds is 12. The first kappa shape index (κ1) is 18.9. The molecule has 0 aromatic rings. The first-order valence-corrected chi connectivity index (χ1v) is 8.28. The fraction of sp³-hybridized carbons (Fsp3) is 1.00. The molecule has 19 heavy (non-hydrogen) atoms. The highest BCUT2D eigenvalue weighted by atomic mass is 16.5. The van der Waals surface area contributed by atoms with E-state index in [0.717, 1.165) is 19.6 Å². The van der Waals surface area contributed by atoms with Gasteiger partial charge < -0.3 is 9.64 Å². The lowest BCUT2D eigenvalue weighted by Crippen LogP contribution is -2.25. The summed E-state index contributed by atoms with van der Waals surface area (Å²) in [6.07, 6.45) is 10.9. The van der Waals surface area contributed by atoms with Crippen LogP contribution in [0, 0.1) is 0 Å². The molecule has 0 aliphatic carbocycles. The summed E-state index contributed by atoms with van der Waals surface area (Å²) in [4.78, 5) is 2.44. The number of hydrogen-bond donors (Lipinski definition) is 0. The molecule has 0 aromatic heterocycles. The van der Waals surface area contributed by atoms with Crippen molar-refractivity contribution in [1.29, 1.82) is 0 Å². The molecule has 0 rings (SSSR count). The average Bonchev–Trinajstić information content (AvgIpc) is 2.32. The van der Waals surface area contributed by atoms with Crippen LogP contribution in [0.2, 0.25) is 0 Å². The molecule has 0 saturated heterocycles. The van der Waals surface area contributed by atoms with E-state index in [9.17, 15) is 0 Å². The Kier molecular flexibility index (Phi) is 11.7. The average molecular weight is 271 g/mol. The maximum absolute atomic E-state index is 5.73. The van der Waals surface area contributed by atoms with Gasteiger partial charge in [-0.05, 0) is 47.2 Å². The van der Waals surface area contributed by atoms with Crippen LogP contribution in [0.5, 0.6) is 0 Å². The van der Waals surface area contributed by atoms with E-state index in [1.165, 1.54) is 51.5 Å². The number of ether oxygens (including phenoxy) is 1. The zero-order chi connectivity index (χ0) is 14.6. The largest absolute Gasteiger partial charge is 0.376 e. The third-order valence-corrected chi connectivity index (χ3v) is 3.36. The van der Waals surface area contributed by atoms with Gasteiger partial charge in [0.05, 0.1) is 5.60 Å². The van der Waals surface area contributed by atoms with Gasteiger partial charge in [-0.3, -0.25) is 0 Å². The van der Waals surface area contributed by atoms with Crippen molar-refractivity contribution in [1.82, 2.24) is 4.90 Å². The van der Waals surface area contributed by atoms with Gasteiger partial charge in [-0.15, -0.1) is 0 Å². The van der Waals surface area contributed by atoms with Crippen molar-refractivity contribution in [3.63, 3.8) is 0 Å². The van der Waals surface area contributed by atoms with E-state index in [1.807, 2.05) is 0 Å². The summed E-state index contributed by atoms with van der Waals surface area (Å²) in [7, 11) is 2.23. The van der Waals surface area contributed by atoms with Crippen LogP contribution in [0.25, 0.3) is 0 Å². The van der Waals surface area contributed by atoms with Crippen LogP contribution < -0.4 is 0 Å². The molecule has 2 heteroatoms. The Morgan fingerprint density at radius 1 is 0.789 bits per heavy atom. The molecular formula is C17H37NO. The minimum Gasteiger partial charge on any atom is -0.376 e. The Bertz CT molecular complexity index is 186. The van der Waals surface area contributed by atoms with Crippen molar-refractivity contribution >= 4 is 0 Å². The maximum atomic E-state index is 5.73. The van der Waals surface area contributed by atoms with Crippen molar-refractivity contribution in [3.8, 4) is 0 Å². The molecule has 0 aliphatic heterocycles. The Labute approximate surface area is 121 Å². The third kappa shape index (κ3) is 15.9. The normalized spacial score (nSPS) is 12.3. The smallest absolute Gasteiger partial charge is 0.0598 e. The molecular weight excluding hydrogens is 234 g/mol. The van der Waals surface area contributed by atoms with Gasteiger partial charge in [0.1, 0.15) is 0 Å². The number of nitrogens with zero attached hydrogens (tertiary/aromatic N) is 1. The molecule has 0 heterocycles. The quantitative estimate of drug-likeness (QED) is 0.469. The summed E-state index contributed by atoms with van der Waals surface area (Å²) >= 11 is 0. The van der Waals surface area contributed by atoms with E-state index in [2.05, 4.69) is 39.6 Å². The van der Waals surface area contributed by atoms with E-state index in [-0.39, 0.29) is 5.60 Å². The highest BCUT2D eigenvalue weighted by Crippen LogP contribution is 2.08. The Hall–Kier alpha value is -0.0800. The first-order chi connectivity index (χ1) is 8.95. The van der Waals surface area contributed by atoms with E-state index in [4.69, 9.17) is 4.74 Å². The lowest BCUT2D eigenvalue weighted by atomic mass is 10.1. The molecule has 0 radical (unpaired) electrons. The second kappa shape index (κ2) is 11.7. The predicted molar refractivity (Wildman–Crippen MR) is 85.8 cm³/mol. The molecule has 0 saturated carbocycles. The van der Waals surface area contributed by atoms with Gasteiger partial charge in [-0.2, -0.15) is 0 Å². The summed E-state index contributed by atoms with van der Waals surface area (Å²) in [5.41, 5.74) is 0.0110. The van der Waals surface area contributed by atoms with Gasteiger partial charge in [0.2, 0.25) is 0 Å². The first-order valence-electron chi connectivity index (χ1n) is 8.28. The van der Waals surface area contributed by atoms with E-state index < -0.39 is 0 Å². The lowest BCUT2D eigenvalue weighted by molar-refractivity contribution is -0.00630. The maximum Gasteiger partial charge on any atom is 0.0598 e. The molecule has 0 amide bonds. The van der Waals surface area contributed by atoms with Gasteiger partial charge in [0, 0.05) is 13.2 Å². The van der Waals surface area contributed by atoms with Crippen LogP contribution in [0.4, 0.5) is 0 Å². The molecule has 0 aliphatic rings. The highest BCUT2D eigenvalue weighted by molar-refractivity contribution is 4.59. The molecule has 0 atom stereocenters. The molecule has 0 bridgehead atoms. The van der Waals surface area contributed by atoms with Gasteiger partial charge in [0.15, 0.2) is 0 Å². The third-order valence-electron chi connectivity index (χ3n) is 3.36. The minimum absolute atomic E-state index is 0.0110. The second-order valence-electron chi connectivity index (χ2n) is 6.74. The van der Waals surface area contributed by atoms with Crippen LogP contribution in [-0.4, -0.2) is 37.2 Å². The van der Waals surface area contributed by atoms with Crippen molar-refractivity contribution < 1.29 is 4.74 Å². The fourth-order valence-corrected chi connectivity index (χ4v) is 2.16. The number of unbranched alkanes of at least 4 members (excludes halogenated alkanes) is 6. The van der Waals surface area contributed by atoms with Crippen molar-refractivity contribution in [3.05, 3.63) is 0 Å². The van der Waals surface area contributed by atoms with Crippen molar-refractivity contribution in [2.45, 2.75) is 84.7 Å². The van der Waals surface area contributed by atoms with E-state index in [1.54, 1.807) is 0 Å². The van der Waals surface area contributed by atoms with E-state index >= 15 is 0 Å². The second-order valence-corrected chi connectivity index (χ2v) is 6.74. The summed E-state index contributed by atoms with van der Waals surface area (Å²) in [5.74, 6) is 0. The zero-order valence-electron chi connectivity index (χ0n) is 14.1. The van der Waals surface area contributed by atoms with Crippen LogP contribution in [0.3, 0.4) is 0 Å². The van der Waals surface area contributed by atoms with Crippen LogP contribution in [-0.2, 0) is 4.74 Å². The van der Waals surface area contributed by atoms with E-state index in [0.29, 0.717) is 0 Å². The van der Waals surface area contributed by atoms with Crippen LogP contribution in [0.15, 0.2) is 0 Å². The van der Waals surface area contributed by atoms with Crippen molar-refractivity contribution in [2.24, 2.45) is 0 Å². The molecule has 0 unspecified atom stereocenters. The molecule has 0 N–H and O–H groups in total. The molecule has 0 fully saturated rings. The number of hydrogen-bond acceptors (Lipinski definition) is 2. The summed E-state index contributed by atoms with van der Waals surface area (Å²) in [6.45, 7) is 11.9.